The quantitative estimate of drug-likeness (QED) is 0.685. The fourth-order valence-corrected chi connectivity index (χ4v) is 3.83. The summed E-state index contributed by atoms with van der Waals surface area (Å²) in [6.07, 6.45) is 0.947. The van der Waals surface area contributed by atoms with Crippen LogP contribution in [0.3, 0.4) is 0 Å². The molecule has 0 bridgehead atoms. The minimum Gasteiger partial charge on any atom is -0.497 e. The topological polar surface area (TPSA) is 56.8 Å². The highest BCUT2D eigenvalue weighted by molar-refractivity contribution is 6.42. The fourth-order valence-electron chi connectivity index (χ4n) is 3.49. The number of halogens is 2. The van der Waals surface area contributed by atoms with Gasteiger partial charge in [0.2, 0.25) is 0 Å². The van der Waals surface area contributed by atoms with Crippen LogP contribution in [0.15, 0.2) is 42.5 Å². The normalized spacial score (nSPS) is 16.7. The van der Waals surface area contributed by atoms with Gasteiger partial charge in [0.15, 0.2) is 6.10 Å². The standard InChI is InChI=1S/C22H25Cl2NO4/c1-15(29-19-5-3-4-18(23)20(19)24)21(26)25-14-22(10-12-28-13-11-22)16-6-8-17(27-2)9-7-16/h3-9,15H,10-14H2,1-2H3,(H,25,26). The third-order valence-corrected chi connectivity index (χ3v) is 6.14. The number of hydrogen-bond acceptors (Lipinski definition) is 4. The highest BCUT2D eigenvalue weighted by Gasteiger charge is 2.35. The molecule has 2 aromatic carbocycles. The molecule has 156 valence electrons. The van der Waals surface area contributed by atoms with E-state index in [0.717, 1.165) is 24.2 Å². The number of benzene rings is 2. The molecule has 0 saturated carbocycles. The van der Waals surface area contributed by atoms with Gasteiger partial charge in [-0.25, -0.2) is 0 Å². The summed E-state index contributed by atoms with van der Waals surface area (Å²) >= 11 is 12.2. The zero-order valence-electron chi connectivity index (χ0n) is 16.5. The van der Waals surface area contributed by atoms with E-state index >= 15 is 0 Å². The molecular formula is C22H25Cl2NO4. The first-order valence-corrected chi connectivity index (χ1v) is 10.3. The van der Waals surface area contributed by atoms with Crippen LogP contribution in [0.5, 0.6) is 11.5 Å². The largest absolute Gasteiger partial charge is 0.497 e. The molecule has 0 radical (unpaired) electrons. The van der Waals surface area contributed by atoms with E-state index in [2.05, 4.69) is 17.4 Å². The van der Waals surface area contributed by atoms with Crippen LogP contribution in [-0.4, -0.2) is 38.9 Å². The lowest BCUT2D eigenvalue weighted by Crippen LogP contribution is -2.47. The van der Waals surface area contributed by atoms with Crippen LogP contribution in [0.2, 0.25) is 10.0 Å². The van der Waals surface area contributed by atoms with Gasteiger partial charge in [-0.05, 0) is 49.6 Å². The maximum Gasteiger partial charge on any atom is 0.260 e. The van der Waals surface area contributed by atoms with E-state index in [9.17, 15) is 4.79 Å². The van der Waals surface area contributed by atoms with Gasteiger partial charge < -0.3 is 19.5 Å². The van der Waals surface area contributed by atoms with Gasteiger partial charge in [-0.2, -0.15) is 0 Å². The Labute approximate surface area is 181 Å². The second-order valence-corrected chi connectivity index (χ2v) is 7.94. The molecule has 1 amide bonds. The number of carbonyl (C=O) groups is 1. The number of methoxy groups -OCH3 is 1. The van der Waals surface area contributed by atoms with Gasteiger partial charge in [0, 0.05) is 25.2 Å². The zero-order chi connectivity index (χ0) is 20.9. The van der Waals surface area contributed by atoms with Crippen molar-refractivity contribution in [1.82, 2.24) is 5.32 Å². The summed E-state index contributed by atoms with van der Waals surface area (Å²) in [4.78, 5) is 12.7. The van der Waals surface area contributed by atoms with E-state index in [0.29, 0.717) is 35.6 Å². The minimum atomic E-state index is -0.710. The van der Waals surface area contributed by atoms with Crippen LogP contribution in [-0.2, 0) is 14.9 Å². The summed E-state index contributed by atoms with van der Waals surface area (Å²) in [5.41, 5.74) is 0.974. The van der Waals surface area contributed by atoms with Crippen molar-refractivity contribution in [3.63, 3.8) is 0 Å². The highest BCUT2D eigenvalue weighted by Crippen LogP contribution is 2.35. The van der Waals surface area contributed by atoms with Gasteiger partial charge in [0.25, 0.3) is 5.91 Å². The Hall–Kier alpha value is -1.95. The van der Waals surface area contributed by atoms with Crippen molar-refractivity contribution in [3.05, 3.63) is 58.1 Å². The summed E-state index contributed by atoms with van der Waals surface area (Å²) in [6, 6.07) is 13.1. The van der Waals surface area contributed by atoms with Crippen LogP contribution in [0.25, 0.3) is 0 Å². The first-order valence-electron chi connectivity index (χ1n) is 9.56. The van der Waals surface area contributed by atoms with Crippen molar-refractivity contribution in [2.75, 3.05) is 26.9 Å². The summed E-state index contributed by atoms with van der Waals surface area (Å²) in [5.74, 6) is 0.985. The van der Waals surface area contributed by atoms with E-state index in [1.165, 1.54) is 0 Å². The first-order chi connectivity index (χ1) is 13.9. The maximum atomic E-state index is 12.7. The molecule has 1 aliphatic heterocycles. The predicted octanol–water partition coefficient (Wildman–Crippen LogP) is 4.63. The lowest BCUT2D eigenvalue weighted by Gasteiger charge is -2.38. The molecule has 1 fully saturated rings. The van der Waals surface area contributed by atoms with E-state index in [1.54, 1.807) is 32.2 Å². The predicted molar refractivity (Wildman–Crippen MR) is 114 cm³/mol. The van der Waals surface area contributed by atoms with Crippen LogP contribution in [0.4, 0.5) is 0 Å². The minimum absolute atomic E-state index is 0.187. The van der Waals surface area contributed by atoms with Gasteiger partial charge in [-0.15, -0.1) is 0 Å². The molecule has 1 aliphatic rings. The van der Waals surface area contributed by atoms with Crippen molar-refractivity contribution in [3.8, 4) is 11.5 Å². The third-order valence-electron chi connectivity index (χ3n) is 5.34. The molecule has 1 saturated heterocycles. The highest BCUT2D eigenvalue weighted by atomic mass is 35.5. The number of hydrogen-bond donors (Lipinski definition) is 1. The molecule has 1 atom stereocenters. The molecule has 2 aromatic rings. The van der Waals surface area contributed by atoms with E-state index < -0.39 is 6.10 Å². The molecule has 1 heterocycles. The molecule has 3 rings (SSSR count). The number of nitrogens with one attached hydrogen (secondary N) is 1. The summed E-state index contributed by atoms with van der Waals surface area (Å²) in [6.45, 7) is 3.51. The monoisotopic (exact) mass is 437 g/mol. The number of rotatable bonds is 7. The number of amides is 1. The molecule has 0 aliphatic carbocycles. The SMILES string of the molecule is COc1ccc(C2(CNC(=O)C(C)Oc3cccc(Cl)c3Cl)CCOCC2)cc1. The average molecular weight is 438 g/mol. The Morgan fingerprint density at radius 1 is 1.17 bits per heavy atom. The van der Waals surface area contributed by atoms with E-state index in [4.69, 9.17) is 37.4 Å². The van der Waals surface area contributed by atoms with Crippen LogP contribution in [0, 0.1) is 0 Å². The first kappa shape index (κ1) is 21.8. The van der Waals surface area contributed by atoms with Crippen LogP contribution in [0.1, 0.15) is 25.3 Å². The molecular weight excluding hydrogens is 413 g/mol. The average Bonchev–Trinajstić information content (AvgIpc) is 2.76. The molecule has 29 heavy (non-hydrogen) atoms. The van der Waals surface area contributed by atoms with Crippen molar-refractivity contribution >= 4 is 29.1 Å². The third kappa shape index (κ3) is 5.16. The van der Waals surface area contributed by atoms with Gasteiger partial charge >= 0.3 is 0 Å². The van der Waals surface area contributed by atoms with Gasteiger partial charge in [0.05, 0.1) is 12.1 Å². The molecule has 0 aromatic heterocycles. The summed E-state index contributed by atoms with van der Waals surface area (Å²) in [7, 11) is 1.65. The van der Waals surface area contributed by atoms with Crippen molar-refractivity contribution in [2.24, 2.45) is 0 Å². The molecule has 1 N–H and O–H groups in total. The second kappa shape index (κ2) is 9.70. The van der Waals surface area contributed by atoms with E-state index in [-0.39, 0.29) is 11.3 Å². The Morgan fingerprint density at radius 2 is 1.86 bits per heavy atom. The molecule has 0 spiro atoms. The number of ether oxygens (including phenoxy) is 3. The Morgan fingerprint density at radius 3 is 2.52 bits per heavy atom. The second-order valence-electron chi connectivity index (χ2n) is 7.15. The zero-order valence-corrected chi connectivity index (χ0v) is 18.1. The number of carbonyl (C=O) groups excluding carboxylic acids is 1. The molecule has 7 heteroatoms. The Bertz CT molecular complexity index is 835. The Kier molecular flexibility index (Phi) is 7.28. The van der Waals surface area contributed by atoms with Crippen molar-refractivity contribution < 1.29 is 19.0 Å². The van der Waals surface area contributed by atoms with Gasteiger partial charge in [-0.1, -0.05) is 41.4 Å². The smallest absolute Gasteiger partial charge is 0.260 e. The summed E-state index contributed by atoms with van der Waals surface area (Å²) < 4.78 is 16.5. The van der Waals surface area contributed by atoms with Gasteiger partial charge in [-0.3, -0.25) is 4.79 Å². The lowest BCUT2D eigenvalue weighted by molar-refractivity contribution is -0.127. The molecule has 1 unspecified atom stereocenters. The van der Waals surface area contributed by atoms with Gasteiger partial charge in [0.1, 0.15) is 16.5 Å². The lowest BCUT2D eigenvalue weighted by atomic mass is 9.74. The van der Waals surface area contributed by atoms with Crippen molar-refractivity contribution in [1.29, 1.82) is 0 Å². The maximum absolute atomic E-state index is 12.7. The Balaban J connectivity index is 1.68. The molecule has 5 nitrogen and oxygen atoms in total. The van der Waals surface area contributed by atoms with Crippen molar-refractivity contribution in [2.45, 2.75) is 31.3 Å². The van der Waals surface area contributed by atoms with Crippen LogP contribution < -0.4 is 14.8 Å². The summed E-state index contributed by atoms with van der Waals surface area (Å²) in [5, 5.41) is 3.73. The van der Waals surface area contributed by atoms with E-state index in [1.807, 2.05) is 12.1 Å². The van der Waals surface area contributed by atoms with Crippen LogP contribution >= 0.6 is 23.2 Å². The fraction of sp³-hybridized carbons (Fsp3) is 0.409.